The fraction of sp³-hybridized carbons (Fsp3) is 0.712. The van der Waals surface area contributed by atoms with Crippen LogP contribution in [0.5, 0.6) is 0 Å². The lowest BCUT2D eigenvalue weighted by molar-refractivity contribution is -0.167. The zero-order chi connectivity index (χ0) is 42.3. The van der Waals surface area contributed by atoms with Gasteiger partial charge >= 0.3 is 17.9 Å². The van der Waals surface area contributed by atoms with Crippen LogP contribution in [0.15, 0.2) is 72.9 Å². The average molecular weight is 809 g/mol. The number of hydrogen-bond donors (Lipinski definition) is 0. The van der Waals surface area contributed by atoms with Crippen molar-refractivity contribution in [3.8, 4) is 0 Å². The molecule has 0 fully saturated rings. The van der Waals surface area contributed by atoms with E-state index in [1.807, 2.05) is 0 Å². The van der Waals surface area contributed by atoms with Crippen molar-refractivity contribution in [2.45, 2.75) is 226 Å². The molecule has 0 N–H and O–H groups in total. The number of esters is 3. The Morgan fingerprint density at radius 1 is 0.362 bits per heavy atom. The van der Waals surface area contributed by atoms with Gasteiger partial charge in [-0.2, -0.15) is 0 Å². The molecule has 0 aromatic carbocycles. The Morgan fingerprint density at radius 3 is 1.16 bits per heavy atom. The summed E-state index contributed by atoms with van der Waals surface area (Å²) in [4.78, 5) is 37.8. The highest BCUT2D eigenvalue weighted by Gasteiger charge is 2.19. The third-order valence-corrected chi connectivity index (χ3v) is 10.0. The molecule has 58 heavy (non-hydrogen) atoms. The molecule has 6 nitrogen and oxygen atoms in total. The van der Waals surface area contributed by atoms with Crippen LogP contribution in [0.4, 0.5) is 0 Å². The predicted molar refractivity (Wildman–Crippen MR) is 247 cm³/mol. The summed E-state index contributed by atoms with van der Waals surface area (Å²) in [5, 5.41) is 0. The molecule has 0 aliphatic heterocycles. The first kappa shape index (κ1) is 54.9. The van der Waals surface area contributed by atoms with E-state index < -0.39 is 6.10 Å². The van der Waals surface area contributed by atoms with Gasteiger partial charge in [0.1, 0.15) is 13.2 Å². The second-order valence-electron chi connectivity index (χ2n) is 15.7. The normalized spacial score (nSPS) is 12.7. The summed E-state index contributed by atoms with van der Waals surface area (Å²) < 4.78 is 16.7. The number of carbonyl (C=O) groups excluding carboxylic acids is 3. The molecule has 0 heterocycles. The van der Waals surface area contributed by atoms with Crippen molar-refractivity contribution in [1.29, 1.82) is 0 Å². The third kappa shape index (κ3) is 44.0. The van der Waals surface area contributed by atoms with Gasteiger partial charge in [-0.1, -0.05) is 190 Å². The number of hydrogen-bond acceptors (Lipinski definition) is 6. The summed E-state index contributed by atoms with van der Waals surface area (Å²) >= 11 is 0. The molecule has 1 atom stereocenters. The van der Waals surface area contributed by atoms with E-state index in [0.717, 1.165) is 103 Å². The van der Waals surface area contributed by atoms with Gasteiger partial charge in [-0.25, -0.2) is 0 Å². The smallest absolute Gasteiger partial charge is 0.306 e. The fourth-order valence-corrected chi connectivity index (χ4v) is 6.35. The molecular formula is C52H88O6. The van der Waals surface area contributed by atoms with Gasteiger partial charge in [0.2, 0.25) is 0 Å². The standard InChI is InChI=1S/C52H88O6/c1-4-7-10-13-16-19-22-24-26-28-30-33-36-39-42-45-51(54)57-48-49(47-56-50(53)44-41-38-35-32-21-18-15-12-9-6-3)58-52(55)46-43-40-37-34-31-29-27-25-23-20-17-14-11-8-5-2/h7,10,13,15-20,22-23,25,49H,4-6,8-9,11-12,14,21,24,26-48H2,1-3H3/b10-7-,16-13-,18-15-,20-17-,22-19-,25-23-. The molecule has 0 aromatic heterocycles. The minimum absolute atomic E-state index is 0.0909. The van der Waals surface area contributed by atoms with Crippen LogP contribution in [0, 0.1) is 0 Å². The van der Waals surface area contributed by atoms with Crippen LogP contribution in [0.25, 0.3) is 0 Å². The molecular weight excluding hydrogens is 721 g/mol. The highest BCUT2D eigenvalue weighted by Crippen LogP contribution is 2.13. The maximum absolute atomic E-state index is 12.7. The molecule has 0 radical (unpaired) electrons. The van der Waals surface area contributed by atoms with Gasteiger partial charge in [-0.15, -0.1) is 0 Å². The first-order valence-corrected chi connectivity index (χ1v) is 24.0. The molecule has 0 bridgehead atoms. The molecule has 0 spiro atoms. The summed E-state index contributed by atoms with van der Waals surface area (Å²) in [6.45, 7) is 6.39. The quantitative estimate of drug-likeness (QED) is 0.0201. The second-order valence-corrected chi connectivity index (χ2v) is 15.7. The minimum Gasteiger partial charge on any atom is -0.462 e. The van der Waals surface area contributed by atoms with Crippen LogP contribution in [0.2, 0.25) is 0 Å². The number of carbonyl (C=O) groups is 3. The van der Waals surface area contributed by atoms with Gasteiger partial charge in [-0.05, 0) is 83.5 Å². The third-order valence-electron chi connectivity index (χ3n) is 10.0. The molecule has 0 aliphatic rings. The van der Waals surface area contributed by atoms with Crippen molar-refractivity contribution in [3.63, 3.8) is 0 Å². The van der Waals surface area contributed by atoms with Crippen molar-refractivity contribution in [3.05, 3.63) is 72.9 Å². The maximum Gasteiger partial charge on any atom is 0.306 e. The van der Waals surface area contributed by atoms with Crippen molar-refractivity contribution >= 4 is 17.9 Å². The Bertz CT molecular complexity index is 1110. The predicted octanol–water partition coefficient (Wildman–Crippen LogP) is 15.5. The first-order valence-electron chi connectivity index (χ1n) is 24.0. The van der Waals surface area contributed by atoms with Crippen LogP contribution in [0.1, 0.15) is 220 Å². The Labute approximate surface area is 357 Å². The molecule has 0 rings (SSSR count). The lowest BCUT2D eigenvalue weighted by Gasteiger charge is -2.18. The van der Waals surface area contributed by atoms with Gasteiger partial charge in [0.25, 0.3) is 0 Å². The zero-order valence-electron chi connectivity index (χ0n) is 37.8. The Balaban J connectivity index is 4.42. The van der Waals surface area contributed by atoms with E-state index in [2.05, 4.69) is 93.7 Å². The van der Waals surface area contributed by atoms with E-state index in [4.69, 9.17) is 14.2 Å². The van der Waals surface area contributed by atoms with E-state index in [0.29, 0.717) is 19.3 Å². The van der Waals surface area contributed by atoms with Crippen LogP contribution in [-0.4, -0.2) is 37.2 Å². The zero-order valence-corrected chi connectivity index (χ0v) is 37.8. The Kier molecular flexibility index (Phi) is 44.0. The number of unbranched alkanes of at least 4 members (excludes halogenated alkanes) is 22. The van der Waals surface area contributed by atoms with Crippen LogP contribution >= 0.6 is 0 Å². The first-order chi connectivity index (χ1) is 28.5. The van der Waals surface area contributed by atoms with Crippen LogP contribution < -0.4 is 0 Å². The topological polar surface area (TPSA) is 78.9 Å². The number of rotatable bonds is 42. The molecule has 332 valence electrons. The summed E-state index contributed by atoms with van der Waals surface area (Å²) in [5.41, 5.74) is 0. The van der Waals surface area contributed by atoms with Crippen molar-refractivity contribution in [2.75, 3.05) is 13.2 Å². The highest BCUT2D eigenvalue weighted by atomic mass is 16.6. The van der Waals surface area contributed by atoms with E-state index in [1.54, 1.807) is 0 Å². The number of allylic oxidation sites excluding steroid dienone is 12. The van der Waals surface area contributed by atoms with E-state index in [1.165, 1.54) is 77.0 Å². The van der Waals surface area contributed by atoms with Crippen molar-refractivity contribution < 1.29 is 28.6 Å². The molecule has 0 aliphatic carbocycles. The van der Waals surface area contributed by atoms with Crippen LogP contribution in [-0.2, 0) is 28.6 Å². The summed E-state index contributed by atoms with van der Waals surface area (Å²) in [7, 11) is 0. The van der Waals surface area contributed by atoms with Crippen LogP contribution in [0.3, 0.4) is 0 Å². The van der Waals surface area contributed by atoms with Crippen molar-refractivity contribution in [1.82, 2.24) is 0 Å². The van der Waals surface area contributed by atoms with E-state index in [-0.39, 0.29) is 31.1 Å². The van der Waals surface area contributed by atoms with E-state index in [9.17, 15) is 14.4 Å². The SMILES string of the molecule is CC\C=C/C=C\C=C/CCCCCCCCCC(=O)OCC(COC(=O)CCCCCC/C=C\CCCC)OC(=O)CCCCCCCC/C=C\C=C/CCCCC. The molecule has 0 saturated heterocycles. The lowest BCUT2D eigenvalue weighted by Crippen LogP contribution is -2.30. The molecule has 0 aromatic rings. The van der Waals surface area contributed by atoms with Gasteiger partial charge < -0.3 is 14.2 Å². The van der Waals surface area contributed by atoms with Crippen molar-refractivity contribution in [2.24, 2.45) is 0 Å². The Hall–Kier alpha value is -3.15. The number of ether oxygens (including phenoxy) is 3. The maximum atomic E-state index is 12.7. The summed E-state index contributed by atoms with van der Waals surface area (Å²) in [6, 6.07) is 0. The molecule has 0 saturated carbocycles. The highest BCUT2D eigenvalue weighted by molar-refractivity contribution is 5.71. The second kappa shape index (κ2) is 46.5. The summed E-state index contributed by atoms with van der Waals surface area (Å²) in [5.74, 6) is -0.931. The molecule has 6 heteroatoms. The molecule has 1 unspecified atom stereocenters. The van der Waals surface area contributed by atoms with E-state index >= 15 is 0 Å². The monoisotopic (exact) mass is 809 g/mol. The minimum atomic E-state index is -0.789. The largest absolute Gasteiger partial charge is 0.462 e. The average Bonchev–Trinajstić information content (AvgIpc) is 3.22. The summed E-state index contributed by atoms with van der Waals surface area (Å²) in [6.07, 6.45) is 57.4. The van der Waals surface area contributed by atoms with Gasteiger partial charge in [-0.3, -0.25) is 14.4 Å². The van der Waals surface area contributed by atoms with Gasteiger partial charge in [0.05, 0.1) is 0 Å². The fourth-order valence-electron chi connectivity index (χ4n) is 6.35. The van der Waals surface area contributed by atoms with Gasteiger partial charge in [0.15, 0.2) is 6.10 Å². The Morgan fingerprint density at radius 2 is 0.707 bits per heavy atom. The van der Waals surface area contributed by atoms with Gasteiger partial charge in [0, 0.05) is 19.3 Å². The lowest BCUT2D eigenvalue weighted by atomic mass is 10.1. The molecule has 0 amide bonds.